The van der Waals surface area contributed by atoms with Gasteiger partial charge in [0.2, 0.25) is 0 Å². The van der Waals surface area contributed by atoms with Crippen LogP contribution in [0.2, 0.25) is 0 Å². The smallest absolute Gasteiger partial charge is 0.0605 e. The van der Waals surface area contributed by atoms with Crippen LogP contribution in [0.4, 0.5) is 0 Å². The predicted molar refractivity (Wildman–Crippen MR) is 47.3 cm³/mol. The van der Waals surface area contributed by atoms with Crippen LogP contribution < -0.4 is 0 Å². The van der Waals surface area contributed by atoms with Gasteiger partial charge in [-0.2, -0.15) is 0 Å². The summed E-state index contributed by atoms with van der Waals surface area (Å²) >= 11 is 0. The Bertz CT molecular complexity index is 147. The van der Waals surface area contributed by atoms with E-state index in [2.05, 4.69) is 13.5 Å². The van der Waals surface area contributed by atoms with Crippen LogP contribution in [0, 0.1) is 11.8 Å². The van der Waals surface area contributed by atoms with Crippen LogP contribution in [-0.2, 0) is 0 Å². The highest BCUT2D eigenvalue weighted by molar-refractivity contribution is 4.94. The van der Waals surface area contributed by atoms with E-state index in [1.807, 2.05) is 6.92 Å². The van der Waals surface area contributed by atoms with Crippen molar-refractivity contribution in [3.8, 4) is 0 Å². The lowest BCUT2D eigenvalue weighted by Crippen LogP contribution is -2.19. The van der Waals surface area contributed by atoms with Crippen molar-refractivity contribution < 1.29 is 5.11 Å². The number of aliphatic hydroxyl groups excluding tert-OH is 1. The Hall–Kier alpha value is -0.300. The van der Waals surface area contributed by atoms with Crippen LogP contribution >= 0.6 is 0 Å². The molecule has 0 aliphatic heterocycles. The van der Waals surface area contributed by atoms with Gasteiger partial charge >= 0.3 is 0 Å². The first-order valence-electron chi connectivity index (χ1n) is 4.43. The van der Waals surface area contributed by atoms with Gasteiger partial charge in [-0.25, -0.2) is 0 Å². The van der Waals surface area contributed by atoms with Gasteiger partial charge in [-0.3, -0.25) is 0 Å². The normalized spacial score (nSPS) is 22.8. The molecule has 1 heteroatoms. The van der Waals surface area contributed by atoms with Crippen molar-refractivity contribution in [3.05, 3.63) is 12.2 Å². The van der Waals surface area contributed by atoms with Crippen LogP contribution in [-0.4, -0.2) is 11.2 Å². The third-order valence-corrected chi connectivity index (χ3v) is 2.53. The monoisotopic (exact) mass is 154 g/mol. The molecule has 0 radical (unpaired) electrons. The molecule has 2 atom stereocenters. The molecule has 0 aromatic rings. The maximum absolute atomic E-state index is 9.64. The molecule has 0 aromatic heterocycles. The van der Waals surface area contributed by atoms with Gasteiger partial charge in [-0.1, -0.05) is 12.5 Å². The van der Waals surface area contributed by atoms with E-state index in [1.165, 1.54) is 12.8 Å². The van der Waals surface area contributed by atoms with E-state index in [1.54, 1.807) is 0 Å². The Morgan fingerprint density at radius 3 is 2.55 bits per heavy atom. The van der Waals surface area contributed by atoms with Gasteiger partial charge in [-0.05, 0) is 38.0 Å². The minimum absolute atomic E-state index is 0.153. The summed E-state index contributed by atoms with van der Waals surface area (Å²) in [7, 11) is 0. The second kappa shape index (κ2) is 3.40. The minimum Gasteiger partial charge on any atom is -0.393 e. The molecule has 1 aliphatic rings. The van der Waals surface area contributed by atoms with Gasteiger partial charge in [0.05, 0.1) is 6.10 Å². The van der Waals surface area contributed by atoms with E-state index >= 15 is 0 Å². The molecule has 0 aromatic carbocycles. The molecule has 64 valence electrons. The first kappa shape index (κ1) is 8.79. The fourth-order valence-corrected chi connectivity index (χ4v) is 1.48. The van der Waals surface area contributed by atoms with E-state index < -0.39 is 0 Å². The van der Waals surface area contributed by atoms with E-state index in [-0.39, 0.29) is 6.10 Å². The fraction of sp³-hybridized carbons (Fsp3) is 0.800. The van der Waals surface area contributed by atoms with E-state index in [9.17, 15) is 5.11 Å². The largest absolute Gasteiger partial charge is 0.393 e. The zero-order valence-electron chi connectivity index (χ0n) is 7.51. The van der Waals surface area contributed by atoms with Crippen LogP contribution in [0.5, 0.6) is 0 Å². The molecule has 1 N–H and O–H groups in total. The molecule has 1 saturated carbocycles. The Morgan fingerprint density at radius 1 is 1.64 bits per heavy atom. The lowest BCUT2D eigenvalue weighted by atomic mass is 9.95. The van der Waals surface area contributed by atoms with Crippen molar-refractivity contribution in [1.82, 2.24) is 0 Å². The molecule has 1 nitrogen and oxygen atoms in total. The number of hydrogen-bond donors (Lipinski definition) is 1. The van der Waals surface area contributed by atoms with Gasteiger partial charge in [-0.15, -0.1) is 6.58 Å². The maximum Gasteiger partial charge on any atom is 0.0605 e. The highest BCUT2D eigenvalue weighted by Gasteiger charge is 2.32. The zero-order chi connectivity index (χ0) is 8.43. The average molecular weight is 154 g/mol. The third kappa shape index (κ3) is 2.66. The summed E-state index contributed by atoms with van der Waals surface area (Å²) in [5, 5.41) is 9.64. The molecule has 1 aliphatic carbocycles. The van der Waals surface area contributed by atoms with Crippen molar-refractivity contribution in [3.63, 3.8) is 0 Å². The molecule has 2 unspecified atom stereocenters. The molecule has 1 fully saturated rings. The summed E-state index contributed by atoms with van der Waals surface area (Å²) in [5.41, 5.74) is 1.09. The summed E-state index contributed by atoms with van der Waals surface area (Å²) in [6.07, 6.45) is 3.25. The van der Waals surface area contributed by atoms with E-state index in [0.29, 0.717) is 5.92 Å². The molecular formula is C10H18O. The van der Waals surface area contributed by atoms with Crippen LogP contribution in [0.25, 0.3) is 0 Å². The number of hydrogen-bond acceptors (Lipinski definition) is 1. The van der Waals surface area contributed by atoms with Crippen LogP contribution in [0.15, 0.2) is 12.2 Å². The van der Waals surface area contributed by atoms with Crippen molar-refractivity contribution in [2.45, 2.75) is 39.2 Å². The van der Waals surface area contributed by atoms with Gasteiger partial charge in [0.15, 0.2) is 0 Å². The average Bonchev–Trinajstić information content (AvgIpc) is 2.65. The van der Waals surface area contributed by atoms with Gasteiger partial charge in [0, 0.05) is 0 Å². The number of aliphatic hydroxyl groups is 1. The zero-order valence-corrected chi connectivity index (χ0v) is 7.51. The summed E-state index contributed by atoms with van der Waals surface area (Å²) in [4.78, 5) is 0. The molecule has 0 saturated heterocycles. The Kier molecular flexibility index (Phi) is 2.72. The SMILES string of the molecule is C=C(C)CC(O)C(C)C1CC1. The van der Waals surface area contributed by atoms with E-state index in [0.717, 1.165) is 17.9 Å². The maximum atomic E-state index is 9.64. The molecule has 0 heterocycles. The van der Waals surface area contributed by atoms with E-state index in [4.69, 9.17) is 0 Å². The Balaban J connectivity index is 2.26. The quantitative estimate of drug-likeness (QED) is 0.616. The summed E-state index contributed by atoms with van der Waals surface area (Å²) in [6, 6.07) is 0. The second-order valence-electron chi connectivity index (χ2n) is 3.93. The summed E-state index contributed by atoms with van der Waals surface area (Å²) in [5.74, 6) is 1.27. The molecule has 0 spiro atoms. The third-order valence-electron chi connectivity index (χ3n) is 2.53. The van der Waals surface area contributed by atoms with Crippen molar-refractivity contribution in [2.75, 3.05) is 0 Å². The summed E-state index contributed by atoms with van der Waals surface area (Å²) in [6.45, 7) is 7.92. The van der Waals surface area contributed by atoms with Crippen LogP contribution in [0.1, 0.15) is 33.1 Å². The molecular weight excluding hydrogens is 136 g/mol. The lowest BCUT2D eigenvalue weighted by Gasteiger charge is -2.17. The fourth-order valence-electron chi connectivity index (χ4n) is 1.48. The highest BCUT2D eigenvalue weighted by Crippen LogP contribution is 2.39. The Morgan fingerprint density at radius 2 is 2.18 bits per heavy atom. The lowest BCUT2D eigenvalue weighted by molar-refractivity contribution is 0.105. The highest BCUT2D eigenvalue weighted by atomic mass is 16.3. The first-order chi connectivity index (χ1) is 5.11. The van der Waals surface area contributed by atoms with Gasteiger partial charge in [0.25, 0.3) is 0 Å². The summed E-state index contributed by atoms with van der Waals surface area (Å²) < 4.78 is 0. The first-order valence-corrected chi connectivity index (χ1v) is 4.43. The molecule has 1 rings (SSSR count). The minimum atomic E-state index is -0.153. The molecule has 11 heavy (non-hydrogen) atoms. The number of rotatable bonds is 4. The van der Waals surface area contributed by atoms with Crippen molar-refractivity contribution in [2.24, 2.45) is 11.8 Å². The molecule has 0 bridgehead atoms. The van der Waals surface area contributed by atoms with Crippen molar-refractivity contribution in [1.29, 1.82) is 0 Å². The van der Waals surface area contributed by atoms with Crippen molar-refractivity contribution >= 4 is 0 Å². The topological polar surface area (TPSA) is 20.2 Å². The van der Waals surface area contributed by atoms with Gasteiger partial charge < -0.3 is 5.11 Å². The second-order valence-corrected chi connectivity index (χ2v) is 3.93. The predicted octanol–water partition coefficient (Wildman–Crippen LogP) is 2.36. The Labute approximate surface area is 69.1 Å². The standard InChI is InChI=1S/C10H18O/c1-7(2)6-10(11)8(3)9-4-5-9/h8-11H,1,4-6H2,2-3H3. The van der Waals surface area contributed by atoms with Crippen LogP contribution in [0.3, 0.4) is 0 Å². The molecule has 0 amide bonds. The van der Waals surface area contributed by atoms with Gasteiger partial charge in [0.1, 0.15) is 0 Å².